The predicted octanol–water partition coefficient (Wildman–Crippen LogP) is -0.752. The van der Waals surface area contributed by atoms with Gasteiger partial charge in [0.05, 0.1) is 0 Å². The number of nitrogens with one attached hydrogen (secondary N) is 1. The fourth-order valence-corrected chi connectivity index (χ4v) is 1.09. The molecule has 1 atom stereocenters. The number of carbonyl (C=O) groups is 3. The van der Waals surface area contributed by atoms with E-state index in [1.165, 1.54) is 0 Å². The highest BCUT2D eigenvalue weighted by molar-refractivity contribution is 5.84. The Labute approximate surface area is 99.3 Å². The van der Waals surface area contributed by atoms with Crippen molar-refractivity contribution >= 4 is 17.8 Å². The van der Waals surface area contributed by atoms with E-state index >= 15 is 0 Å². The third-order valence-electron chi connectivity index (χ3n) is 1.89. The van der Waals surface area contributed by atoms with Crippen molar-refractivity contribution in [2.45, 2.75) is 32.2 Å². The maximum atomic E-state index is 11.3. The van der Waals surface area contributed by atoms with Gasteiger partial charge in [0, 0.05) is 13.0 Å². The number of carbonyl (C=O) groups excluding carboxylic acids is 2. The van der Waals surface area contributed by atoms with Crippen molar-refractivity contribution in [3.05, 3.63) is 0 Å². The van der Waals surface area contributed by atoms with Gasteiger partial charge in [-0.2, -0.15) is 0 Å². The molecule has 7 heteroatoms. The minimum Gasteiger partial charge on any atom is -0.480 e. The Bertz CT molecular complexity index is 280. The van der Waals surface area contributed by atoms with Crippen LogP contribution in [0.4, 0.5) is 0 Å². The average Bonchev–Trinajstić information content (AvgIpc) is 2.23. The summed E-state index contributed by atoms with van der Waals surface area (Å²) in [6.07, 6.45) is 0.661. The number of ether oxygens (including phenoxy) is 1. The van der Waals surface area contributed by atoms with E-state index in [0.717, 1.165) is 6.42 Å². The van der Waals surface area contributed by atoms with E-state index in [2.05, 4.69) is 5.32 Å². The molecule has 7 nitrogen and oxygen atoms in total. The van der Waals surface area contributed by atoms with Crippen LogP contribution in [0.25, 0.3) is 0 Å². The van der Waals surface area contributed by atoms with Crippen LogP contribution in [-0.4, -0.2) is 42.1 Å². The van der Waals surface area contributed by atoms with E-state index in [1.54, 1.807) is 0 Å². The number of nitrogens with two attached hydrogens (primary N) is 1. The minimum atomic E-state index is -1.20. The summed E-state index contributed by atoms with van der Waals surface area (Å²) in [5.74, 6) is -2.32. The van der Waals surface area contributed by atoms with E-state index in [9.17, 15) is 14.4 Å². The lowest BCUT2D eigenvalue weighted by atomic mass is 10.1. The Morgan fingerprint density at radius 2 is 2.06 bits per heavy atom. The SMILES string of the molecule is CCCOCC(=O)N[C@@H](CCC(N)=O)C(=O)O. The standard InChI is InChI=1S/C10H18N2O5/c1-2-5-17-6-9(14)12-7(10(15)16)3-4-8(11)13/h7H,2-6H2,1H3,(H2,11,13)(H,12,14)(H,15,16)/t7-/m0/s1. The Morgan fingerprint density at radius 1 is 1.41 bits per heavy atom. The monoisotopic (exact) mass is 246 g/mol. The van der Waals surface area contributed by atoms with Gasteiger partial charge in [-0.3, -0.25) is 9.59 Å². The molecule has 0 aliphatic heterocycles. The number of aliphatic carboxylic acids is 1. The number of rotatable bonds is 9. The smallest absolute Gasteiger partial charge is 0.326 e. The molecule has 4 N–H and O–H groups in total. The first-order valence-corrected chi connectivity index (χ1v) is 5.35. The highest BCUT2D eigenvalue weighted by Gasteiger charge is 2.20. The lowest BCUT2D eigenvalue weighted by molar-refractivity contribution is -0.142. The van der Waals surface area contributed by atoms with Crippen LogP contribution in [0.5, 0.6) is 0 Å². The zero-order chi connectivity index (χ0) is 13.3. The van der Waals surface area contributed by atoms with Gasteiger partial charge in [0.2, 0.25) is 11.8 Å². The van der Waals surface area contributed by atoms with E-state index in [-0.39, 0.29) is 19.4 Å². The molecule has 0 aromatic carbocycles. The van der Waals surface area contributed by atoms with Crippen LogP contribution < -0.4 is 11.1 Å². The Balaban J connectivity index is 4.02. The molecule has 0 aliphatic rings. The molecule has 0 spiro atoms. The van der Waals surface area contributed by atoms with Gasteiger partial charge in [-0.05, 0) is 12.8 Å². The van der Waals surface area contributed by atoms with Crippen LogP contribution in [0.15, 0.2) is 0 Å². The fourth-order valence-electron chi connectivity index (χ4n) is 1.09. The first kappa shape index (κ1) is 15.4. The van der Waals surface area contributed by atoms with Gasteiger partial charge in [-0.1, -0.05) is 6.92 Å². The second-order valence-electron chi connectivity index (χ2n) is 3.52. The summed E-state index contributed by atoms with van der Waals surface area (Å²) in [7, 11) is 0. The summed E-state index contributed by atoms with van der Waals surface area (Å²) in [4.78, 5) is 32.5. The summed E-state index contributed by atoms with van der Waals surface area (Å²) >= 11 is 0. The number of hydrogen-bond acceptors (Lipinski definition) is 4. The van der Waals surface area contributed by atoms with Crippen molar-refractivity contribution in [3.8, 4) is 0 Å². The molecule has 0 aliphatic carbocycles. The van der Waals surface area contributed by atoms with Gasteiger partial charge in [-0.15, -0.1) is 0 Å². The zero-order valence-corrected chi connectivity index (χ0v) is 9.77. The Kier molecular flexibility index (Phi) is 7.70. The van der Waals surface area contributed by atoms with E-state index in [1.807, 2.05) is 6.92 Å². The van der Waals surface area contributed by atoms with Gasteiger partial charge in [0.25, 0.3) is 0 Å². The van der Waals surface area contributed by atoms with E-state index < -0.39 is 23.8 Å². The van der Waals surface area contributed by atoms with E-state index in [4.69, 9.17) is 15.6 Å². The molecule has 0 unspecified atom stereocenters. The van der Waals surface area contributed by atoms with Gasteiger partial charge >= 0.3 is 5.97 Å². The van der Waals surface area contributed by atoms with Gasteiger partial charge < -0.3 is 20.9 Å². The van der Waals surface area contributed by atoms with Crippen molar-refractivity contribution in [1.29, 1.82) is 0 Å². The molecule has 0 aromatic rings. The number of carboxylic acids is 1. The lowest BCUT2D eigenvalue weighted by Gasteiger charge is -2.13. The van der Waals surface area contributed by atoms with Crippen LogP contribution in [-0.2, 0) is 19.1 Å². The van der Waals surface area contributed by atoms with Gasteiger partial charge in [-0.25, -0.2) is 4.79 Å². The van der Waals surface area contributed by atoms with Crippen molar-refractivity contribution < 1.29 is 24.2 Å². The normalized spacial score (nSPS) is 11.8. The van der Waals surface area contributed by atoms with Crippen LogP contribution >= 0.6 is 0 Å². The number of amides is 2. The Hall–Kier alpha value is -1.63. The van der Waals surface area contributed by atoms with E-state index in [0.29, 0.717) is 6.61 Å². The maximum absolute atomic E-state index is 11.3. The largest absolute Gasteiger partial charge is 0.480 e. The van der Waals surface area contributed by atoms with Crippen molar-refractivity contribution in [3.63, 3.8) is 0 Å². The topological polar surface area (TPSA) is 119 Å². The zero-order valence-electron chi connectivity index (χ0n) is 9.77. The molecule has 2 amide bonds. The highest BCUT2D eigenvalue weighted by Crippen LogP contribution is 1.97. The van der Waals surface area contributed by atoms with Crippen molar-refractivity contribution in [1.82, 2.24) is 5.32 Å². The fraction of sp³-hybridized carbons (Fsp3) is 0.700. The molecule has 0 fully saturated rings. The third-order valence-corrected chi connectivity index (χ3v) is 1.89. The first-order chi connectivity index (χ1) is 7.97. The lowest BCUT2D eigenvalue weighted by Crippen LogP contribution is -2.43. The van der Waals surface area contributed by atoms with Crippen LogP contribution in [0.1, 0.15) is 26.2 Å². The maximum Gasteiger partial charge on any atom is 0.326 e. The second-order valence-corrected chi connectivity index (χ2v) is 3.52. The van der Waals surface area contributed by atoms with Crippen molar-refractivity contribution in [2.75, 3.05) is 13.2 Å². The summed E-state index contributed by atoms with van der Waals surface area (Å²) < 4.78 is 4.95. The quantitative estimate of drug-likeness (QED) is 0.462. The molecule has 0 bridgehead atoms. The summed E-state index contributed by atoms with van der Waals surface area (Å²) in [5.41, 5.74) is 4.90. The first-order valence-electron chi connectivity index (χ1n) is 5.35. The van der Waals surface area contributed by atoms with Crippen molar-refractivity contribution in [2.24, 2.45) is 5.73 Å². The van der Waals surface area contributed by atoms with Crippen LogP contribution in [0.3, 0.4) is 0 Å². The highest BCUT2D eigenvalue weighted by atomic mass is 16.5. The summed E-state index contributed by atoms with van der Waals surface area (Å²) in [6.45, 7) is 2.14. The molecule has 0 rings (SSSR count). The van der Waals surface area contributed by atoms with Crippen LogP contribution in [0.2, 0.25) is 0 Å². The van der Waals surface area contributed by atoms with Gasteiger partial charge in [0.1, 0.15) is 12.6 Å². The molecule has 0 saturated carbocycles. The molecule has 17 heavy (non-hydrogen) atoms. The third kappa shape index (κ3) is 8.21. The Morgan fingerprint density at radius 3 is 2.53 bits per heavy atom. The second kappa shape index (κ2) is 8.51. The molecular formula is C10H18N2O5. The summed E-state index contributed by atoms with van der Waals surface area (Å²) in [6, 6.07) is -1.11. The molecule has 0 radical (unpaired) electrons. The predicted molar refractivity (Wildman–Crippen MR) is 59.1 cm³/mol. The van der Waals surface area contributed by atoms with Crippen LogP contribution in [0, 0.1) is 0 Å². The molecule has 98 valence electrons. The molecule has 0 saturated heterocycles. The number of primary amides is 1. The van der Waals surface area contributed by atoms with Gasteiger partial charge in [0.15, 0.2) is 0 Å². The number of carboxylic acid groups (broad SMARTS) is 1. The average molecular weight is 246 g/mol. The summed E-state index contributed by atoms with van der Waals surface area (Å²) in [5, 5.41) is 11.1. The number of hydrogen-bond donors (Lipinski definition) is 3. The molecular weight excluding hydrogens is 228 g/mol. The minimum absolute atomic E-state index is 0.0236. The molecule has 0 aromatic heterocycles. The molecule has 0 heterocycles.